The third-order valence-electron chi connectivity index (χ3n) is 3.97. The van der Waals surface area contributed by atoms with Crippen LogP contribution in [0.4, 0.5) is 4.39 Å². The molecule has 0 N–H and O–H groups in total. The first-order valence-electron chi connectivity index (χ1n) is 6.32. The van der Waals surface area contributed by atoms with E-state index in [-0.39, 0.29) is 22.9 Å². The van der Waals surface area contributed by atoms with Crippen LogP contribution in [0.25, 0.3) is 0 Å². The fourth-order valence-corrected chi connectivity index (χ4v) is 7.00. The van der Waals surface area contributed by atoms with Crippen molar-refractivity contribution in [2.45, 2.75) is 22.6 Å². The molecule has 2 bridgehead atoms. The van der Waals surface area contributed by atoms with Gasteiger partial charge in [0.25, 0.3) is 0 Å². The van der Waals surface area contributed by atoms with Crippen molar-refractivity contribution in [2.75, 3.05) is 19.4 Å². The van der Waals surface area contributed by atoms with Crippen LogP contribution in [0.3, 0.4) is 0 Å². The number of hydrogen-bond acceptors (Lipinski definition) is 5. The molecule has 0 amide bonds. The highest BCUT2D eigenvalue weighted by molar-refractivity contribution is 7.93. The van der Waals surface area contributed by atoms with Gasteiger partial charge in [0.15, 0.2) is 9.84 Å². The zero-order chi connectivity index (χ0) is 15.4. The summed E-state index contributed by atoms with van der Waals surface area (Å²) in [5.41, 5.74) is 0. The van der Waals surface area contributed by atoms with Crippen LogP contribution in [0, 0.1) is 5.82 Å². The molecule has 6 nitrogen and oxygen atoms in total. The van der Waals surface area contributed by atoms with Crippen molar-refractivity contribution in [3.8, 4) is 5.75 Å². The van der Waals surface area contributed by atoms with Gasteiger partial charge < -0.3 is 4.74 Å². The Kier molecular flexibility index (Phi) is 3.26. The van der Waals surface area contributed by atoms with Gasteiger partial charge >= 0.3 is 0 Å². The number of nitrogens with zero attached hydrogens (tertiary/aromatic N) is 1. The molecular weight excluding hydrogens is 321 g/mol. The quantitative estimate of drug-likeness (QED) is 0.798. The van der Waals surface area contributed by atoms with Gasteiger partial charge in [0.2, 0.25) is 10.0 Å². The fourth-order valence-electron chi connectivity index (χ4n) is 2.93. The predicted octanol–water partition coefficient (Wildman–Crippen LogP) is 0.394. The van der Waals surface area contributed by atoms with Gasteiger partial charge in [-0.05, 0) is 24.6 Å². The Morgan fingerprint density at radius 3 is 2.62 bits per heavy atom. The lowest BCUT2D eigenvalue weighted by Crippen LogP contribution is -2.44. The van der Waals surface area contributed by atoms with E-state index in [1.807, 2.05) is 0 Å². The number of rotatable bonds is 3. The van der Waals surface area contributed by atoms with Gasteiger partial charge in [-0.25, -0.2) is 21.2 Å². The maximum Gasteiger partial charge on any atom is 0.247 e. The van der Waals surface area contributed by atoms with Gasteiger partial charge in [-0.2, -0.15) is 4.31 Å². The first kappa shape index (κ1) is 14.7. The second-order valence-corrected chi connectivity index (χ2v) is 9.40. The van der Waals surface area contributed by atoms with Crippen molar-refractivity contribution in [3.05, 3.63) is 24.0 Å². The number of methoxy groups -OCH3 is 1. The summed E-state index contributed by atoms with van der Waals surface area (Å²) in [5.74, 6) is -0.817. The van der Waals surface area contributed by atoms with Crippen molar-refractivity contribution in [1.29, 1.82) is 0 Å². The van der Waals surface area contributed by atoms with Crippen LogP contribution in [0.1, 0.15) is 6.42 Å². The maximum absolute atomic E-state index is 13.4. The molecule has 2 aliphatic heterocycles. The van der Waals surface area contributed by atoms with Crippen LogP contribution in [0.2, 0.25) is 0 Å². The second kappa shape index (κ2) is 4.65. The number of ether oxygens (including phenoxy) is 1. The van der Waals surface area contributed by atoms with E-state index in [4.69, 9.17) is 4.74 Å². The Hall–Kier alpha value is -1.19. The van der Waals surface area contributed by atoms with Crippen LogP contribution < -0.4 is 4.74 Å². The SMILES string of the molecule is COc1ccc(F)cc1S(=O)(=O)N1CC2CC1CS2(=O)=O. The molecule has 0 aliphatic carbocycles. The topological polar surface area (TPSA) is 80.8 Å². The van der Waals surface area contributed by atoms with Crippen molar-refractivity contribution in [2.24, 2.45) is 0 Å². The summed E-state index contributed by atoms with van der Waals surface area (Å²) in [6.45, 7) is -0.0744. The highest BCUT2D eigenvalue weighted by Crippen LogP contribution is 2.38. The third-order valence-corrected chi connectivity index (χ3v) is 8.12. The molecule has 2 unspecified atom stereocenters. The molecule has 21 heavy (non-hydrogen) atoms. The van der Waals surface area contributed by atoms with Gasteiger partial charge in [0.05, 0.1) is 18.1 Å². The molecule has 2 saturated heterocycles. The Labute approximate surface area is 122 Å². The van der Waals surface area contributed by atoms with Crippen molar-refractivity contribution in [1.82, 2.24) is 4.31 Å². The summed E-state index contributed by atoms with van der Waals surface area (Å²) in [6.07, 6.45) is 0.305. The molecule has 0 aromatic heterocycles. The lowest BCUT2D eigenvalue weighted by Gasteiger charge is -2.26. The highest BCUT2D eigenvalue weighted by atomic mass is 32.2. The zero-order valence-corrected chi connectivity index (χ0v) is 12.8. The number of sulfonamides is 1. The summed E-state index contributed by atoms with van der Waals surface area (Å²) in [5, 5.41) is -0.656. The van der Waals surface area contributed by atoms with E-state index in [9.17, 15) is 21.2 Å². The average molecular weight is 335 g/mol. The van der Waals surface area contributed by atoms with Crippen LogP contribution in [-0.4, -0.2) is 51.8 Å². The molecule has 1 aromatic rings. The van der Waals surface area contributed by atoms with Crippen LogP contribution in [-0.2, 0) is 19.9 Å². The van der Waals surface area contributed by atoms with E-state index in [1.54, 1.807) is 0 Å². The predicted molar refractivity (Wildman–Crippen MR) is 72.8 cm³/mol. The minimum atomic E-state index is -3.98. The van der Waals surface area contributed by atoms with E-state index in [0.717, 1.165) is 16.4 Å². The minimum Gasteiger partial charge on any atom is -0.495 e. The molecule has 1 aromatic carbocycles. The molecule has 2 heterocycles. The molecule has 3 rings (SSSR count). The highest BCUT2D eigenvalue weighted by Gasteiger charge is 2.53. The molecule has 2 aliphatic rings. The van der Waals surface area contributed by atoms with E-state index >= 15 is 0 Å². The van der Waals surface area contributed by atoms with Crippen molar-refractivity contribution in [3.63, 3.8) is 0 Å². The monoisotopic (exact) mass is 335 g/mol. The molecule has 0 spiro atoms. The number of halogens is 1. The van der Waals surface area contributed by atoms with E-state index < -0.39 is 37.0 Å². The minimum absolute atomic E-state index is 0.0435. The van der Waals surface area contributed by atoms with Crippen LogP contribution >= 0.6 is 0 Å². The van der Waals surface area contributed by atoms with E-state index in [0.29, 0.717) is 6.42 Å². The first-order chi connectivity index (χ1) is 9.75. The lowest BCUT2D eigenvalue weighted by atomic mass is 10.3. The largest absolute Gasteiger partial charge is 0.495 e. The van der Waals surface area contributed by atoms with Gasteiger partial charge in [-0.1, -0.05) is 0 Å². The number of fused-ring (bicyclic) bond motifs is 2. The lowest BCUT2D eigenvalue weighted by molar-refractivity contribution is 0.383. The standard InChI is InChI=1S/C12H14FNO5S2/c1-19-11-3-2-8(13)4-12(11)21(17,18)14-6-10-5-9(14)7-20(10,15)16/h2-4,9-10H,5-7H2,1H3. The van der Waals surface area contributed by atoms with Crippen molar-refractivity contribution >= 4 is 19.9 Å². The summed E-state index contributed by atoms with van der Waals surface area (Å²) in [4.78, 5) is -0.269. The molecule has 2 atom stereocenters. The Morgan fingerprint density at radius 2 is 2.10 bits per heavy atom. The number of sulfone groups is 1. The molecule has 116 valence electrons. The summed E-state index contributed by atoms with van der Waals surface area (Å²) >= 11 is 0. The smallest absolute Gasteiger partial charge is 0.247 e. The van der Waals surface area contributed by atoms with Crippen LogP contribution in [0.5, 0.6) is 5.75 Å². The second-order valence-electron chi connectivity index (χ2n) is 5.21. The number of hydrogen-bond donors (Lipinski definition) is 0. The summed E-state index contributed by atoms with van der Waals surface area (Å²) in [7, 11) is -5.88. The molecule has 0 saturated carbocycles. The van der Waals surface area contributed by atoms with Crippen LogP contribution in [0.15, 0.2) is 23.1 Å². The van der Waals surface area contributed by atoms with Gasteiger partial charge in [0.1, 0.15) is 16.5 Å². The van der Waals surface area contributed by atoms with Crippen molar-refractivity contribution < 1.29 is 26.0 Å². The Balaban J connectivity index is 2.02. The third kappa shape index (κ3) is 2.23. The normalized spacial score (nSPS) is 27.9. The van der Waals surface area contributed by atoms with E-state index in [2.05, 4.69) is 0 Å². The fraction of sp³-hybridized carbons (Fsp3) is 0.500. The summed E-state index contributed by atoms with van der Waals surface area (Å²) in [6, 6.07) is 2.68. The summed E-state index contributed by atoms with van der Waals surface area (Å²) < 4.78 is 68.2. The Bertz CT molecular complexity index is 790. The molecule has 0 radical (unpaired) electrons. The van der Waals surface area contributed by atoms with Gasteiger partial charge in [0, 0.05) is 12.6 Å². The molecule has 9 heteroatoms. The van der Waals surface area contributed by atoms with Gasteiger partial charge in [-0.3, -0.25) is 0 Å². The molecule has 2 fully saturated rings. The zero-order valence-electron chi connectivity index (χ0n) is 11.2. The molecular formula is C12H14FNO5S2. The van der Waals surface area contributed by atoms with E-state index in [1.165, 1.54) is 13.2 Å². The maximum atomic E-state index is 13.4. The Morgan fingerprint density at radius 1 is 1.38 bits per heavy atom. The number of benzene rings is 1. The first-order valence-corrected chi connectivity index (χ1v) is 9.48. The average Bonchev–Trinajstić information content (AvgIpc) is 2.94. The van der Waals surface area contributed by atoms with Gasteiger partial charge in [-0.15, -0.1) is 0 Å².